The zero-order valence-electron chi connectivity index (χ0n) is 13.2. The van der Waals surface area contributed by atoms with Crippen LogP contribution in [0.5, 0.6) is 0 Å². The Balaban J connectivity index is 1.73. The number of hydrogen-bond donors (Lipinski definition) is 2. The van der Waals surface area contributed by atoms with Crippen LogP contribution in [0.1, 0.15) is 51.5 Å². The molecule has 0 bridgehead atoms. The molecule has 0 spiro atoms. The second-order valence-corrected chi connectivity index (χ2v) is 5.80. The molecule has 0 aliphatic rings. The topological polar surface area (TPSA) is 40.7 Å². The average molecular weight is 285 g/mol. The summed E-state index contributed by atoms with van der Waals surface area (Å²) in [4.78, 5) is 0. The Morgan fingerprint density at radius 1 is 1.10 bits per heavy atom. The summed E-state index contributed by atoms with van der Waals surface area (Å²) in [6, 6.07) is 11.3. The van der Waals surface area contributed by atoms with Gasteiger partial charge in [-0.05, 0) is 30.5 Å². The number of nitrogens with zero attached hydrogens (tertiary/aromatic N) is 1. The van der Waals surface area contributed by atoms with Crippen LogP contribution in [0.2, 0.25) is 0 Å². The van der Waals surface area contributed by atoms with Crippen molar-refractivity contribution < 1.29 is 0 Å². The lowest BCUT2D eigenvalue weighted by Gasteiger charge is -2.13. The van der Waals surface area contributed by atoms with Crippen molar-refractivity contribution in [1.29, 1.82) is 0 Å². The molecule has 21 heavy (non-hydrogen) atoms. The average Bonchev–Trinajstić information content (AvgIpc) is 3.04. The van der Waals surface area contributed by atoms with Gasteiger partial charge < -0.3 is 5.32 Å². The number of H-pyrrole nitrogens is 1. The Morgan fingerprint density at radius 2 is 1.90 bits per heavy atom. The SMILES string of the molecule is CCCCCCC(C)NCc1ccc(-c2ccn[nH]2)cc1. The summed E-state index contributed by atoms with van der Waals surface area (Å²) in [5, 5.41) is 10.6. The molecule has 2 N–H and O–H groups in total. The van der Waals surface area contributed by atoms with E-state index >= 15 is 0 Å². The highest BCUT2D eigenvalue weighted by molar-refractivity contribution is 5.58. The van der Waals surface area contributed by atoms with Gasteiger partial charge in [0.25, 0.3) is 0 Å². The first kappa shape index (κ1) is 15.8. The lowest BCUT2D eigenvalue weighted by Crippen LogP contribution is -2.25. The van der Waals surface area contributed by atoms with E-state index in [0.29, 0.717) is 6.04 Å². The van der Waals surface area contributed by atoms with Crippen LogP contribution in [-0.4, -0.2) is 16.2 Å². The molecule has 0 saturated heterocycles. The highest BCUT2D eigenvalue weighted by atomic mass is 15.1. The van der Waals surface area contributed by atoms with Gasteiger partial charge >= 0.3 is 0 Å². The highest BCUT2D eigenvalue weighted by Crippen LogP contribution is 2.16. The zero-order valence-corrected chi connectivity index (χ0v) is 13.2. The Morgan fingerprint density at radius 3 is 2.57 bits per heavy atom. The molecule has 1 heterocycles. The van der Waals surface area contributed by atoms with E-state index in [1.807, 2.05) is 6.07 Å². The monoisotopic (exact) mass is 285 g/mol. The molecule has 0 aliphatic heterocycles. The molecule has 2 aromatic rings. The third-order valence-corrected chi connectivity index (χ3v) is 3.91. The molecule has 114 valence electrons. The molecule has 3 heteroatoms. The largest absolute Gasteiger partial charge is 0.310 e. The Labute approximate surface area is 128 Å². The van der Waals surface area contributed by atoms with E-state index < -0.39 is 0 Å². The van der Waals surface area contributed by atoms with Crippen molar-refractivity contribution in [3.63, 3.8) is 0 Å². The summed E-state index contributed by atoms with van der Waals surface area (Å²) in [7, 11) is 0. The van der Waals surface area contributed by atoms with Gasteiger partial charge in [-0.25, -0.2) is 0 Å². The third-order valence-electron chi connectivity index (χ3n) is 3.91. The number of nitrogens with one attached hydrogen (secondary N) is 2. The molecule has 3 nitrogen and oxygen atoms in total. The maximum Gasteiger partial charge on any atom is 0.0650 e. The molecule has 1 atom stereocenters. The van der Waals surface area contributed by atoms with Gasteiger partial charge in [0.1, 0.15) is 0 Å². The van der Waals surface area contributed by atoms with Crippen LogP contribution in [0, 0.1) is 0 Å². The molecule has 1 aromatic carbocycles. The van der Waals surface area contributed by atoms with Gasteiger partial charge in [0, 0.05) is 18.8 Å². The van der Waals surface area contributed by atoms with Crippen LogP contribution in [0.25, 0.3) is 11.3 Å². The van der Waals surface area contributed by atoms with Gasteiger partial charge in [0.2, 0.25) is 0 Å². The smallest absolute Gasteiger partial charge is 0.0650 e. The maximum absolute atomic E-state index is 3.98. The Bertz CT molecular complexity index is 488. The lowest BCUT2D eigenvalue weighted by molar-refractivity contribution is 0.483. The van der Waals surface area contributed by atoms with Crippen molar-refractivity contribution in [2.24, 2.45) is 0 Å². The van der Waals surface area contributed by atoms with Gasteiger partial charge in [-0.15, -0.1) is 0 Å². The lowest BCUT2D eigenvalue weighted by atomic mass is 10.1. The Kier molecular flexibility index (Phi) is 6.48. The number of aromatic nitrogens is 2. The van der Waals surface area contributed by atoms with Crippen LogP contribution in [0.15, 0.2) is 36.5 Å². The van der Waals surface area contributed by atoms with Gasteiger partial charge in [0.05, 0.1) is 5.69 Å². The van der Waals surface area contributed by atoms with E-state index in [-0.39, 0.29) is 0 Å². The van der Waals surface area contributed by atoms with Crippen LogP contribution < -0.4 is 5.32 Å². The van der Waals surface area contributed by atoms with E-state index in [1.54, 1.807) is 6.20 Å². The van der Waals surface area contributed by atoms with Crippen LogP contribution >= 0.6 is 0 Å². The van der Waals surface area contributed by atoms with Crippen molar-refractivity contribution in [2.45, 2.75) is 58.5 Å². The molecular formula is C18H27N3. The molecule has 1 unspecified atom stereocenters. The van der Waals surface area contributed by atoms with Crippen LogP contribution in [-0.2, 0) is 6.54 Å². The fraction of sp³-hybridized carbons (Fsp3) is 0.500. The number of hydrogen-bond acceptors (Lipinski definition) is 2. The number of benzene rings is 1. The van der Waals surface area contributed by atoms with Gasteiger partial charge in [0.15, 0.2) is 0 Å². The van der Waals surface area contributed by atoms with Crippen LogP contribution in [0.3, 0.4) is 0 Å². The summed E-state index contributed by atoms with van der Waals surface area (Å²) in [5.74, 6) is 0. The summed E-state index contributed by atoms with van der Waals surface area (Å²) in [6.45, 7) is 5.48. The van der Waals surface area contributed by atoms with E-state index in [1.165, 1.54) is 43.2 Å². The van der Waals surface area contributed by atoms with Crippen molar-refractivity contribution in [3.05, 3.63) is 42.1 Å². The predicted molar refractivity (Wildman–Crippen MR) is 89.1 cm³/mol. The second-order valence-electron chi connectivity index (χ2n) is 5.80. The molecule has 0 amide bonds. The van der Waals surface area contributed by atoms with E-state index in [2.05, 4.69) is 53.6 Å². The molecule has 1 aromatic heterocycles. The van der Waals surface area contributed by atoms with Gasteiger partial charge in [-0.3, -0.25) is 5.10 Å². The zero-order chi connectivity index (χ0) is 14.9. The molecule has 0 aliphatic carbocycles. The summed E-state index contributed by atoms with van der Waals surface area (Å²) < 4.78 is 0. The minimum atomic E-state index is 0.592. The standard InChI is InChI=1S/C18H27N3/c1-3-4-5-6-7-15(2)19-14-16-8-10-17(11-9-16)18-12-13-20-21-18/h8-13,15,19H,3-7,14H2,1-2H3,(H,20,21). The first-order valence-electron chi connectivity index (χ1n) is 8.11. The first-order chi connectivity index (χ1) is 10.3. The normalized spacial score (nSPS) is 12.5. The van der Waals surface area contributed by atoms with Crippen molar-refractivity contribution in [1.82, 2.24) is 15.5 Å². The Hall–Kier alpha value is -1.61. The predicted octanol–water partition coefficient (Wildman–Crippen LogP) is 4.53. The van der Waals surface area contributed by atoms with Gasteiger partial charge in [-0.2, -0.15) is 5.10 Å². The molecule has 2 rings (SSSR count). The van der Waals surface area contributed by atoms with Crippen molar-refractivity contribution in [2.75, 3.05) is 0 Å². The number of unbranched alkanes of at least 4 members (excludes halogenated alkanes) is 3. The quantitative estimate of drug-likeness (QED) is 0.665. The molecule has 0 radical (unpaired) electrons. The molecule has 0 fully saturated rings. The summed E-state index contributed by atoms with van der Waals surface area (Å²) >= 11 is 0. The minimum absolute atomic E-state index is 0.592. The van der Waals surface area contributed by atoms with E-state index in [0.717, 1.165) is 12.2 Å². The first-order valence-corrected chi connectivity index (χ1v) is 8.11. The second kappa shape index (κ2) is 8.63. The minimum Gasteiger partial charge on any atom is -0.310 e. The highest BCUT2D eigenvalue weighted by Gasteiger charge is 2.02. The van der Waals surface area contributed by atoms with Crippen LogP contribution in [0.4, 0.5) is 0 Å². The van der Waals surface area contributed by atoms with Crippen molar-refractivity contribution in [3.8, 4) is 11.3 Å². The van der Waals surface area contributed by atoms with E-state index in [9.17, 15) is 0 Å². The maximum atomic E-state index is 3.98. The fourth-order valence-corrected chi connectivity index (χ4v) is 2.49. The van der Waals surface area contributed by atoms with Crippen molar-refractivity contribution >= 4 is 0 Å². The summed E-state index contributed by atoms with van der Waals surface area (Å²) in [5.41, 5.74) is 3.58. The third kappa shape index (κ3) is 5.35. The molecular weight excluding hydrogens is 258 g/mol. The number of rotatable bonds is 9. The fourth-order valence-electron chi connectivity index (χ4n) is 2.49. The summed E-state index contributed by atoms with van der Waals surface area (Å²) in [6.07, 6.45) is 8.42. The van der Waals surface area contributed by atoms with Gasteiger partial charge in [-0.1, -0.05) is 56.9 Å². The molecule has 0 saturated carbocycles. The van der Waals surface area contributed by atoms with E-state index in [4.69, 9.17) is 0 Å². The number of aromatic amines is 1.